The number of nitrogens with zero attached hydrogens (tertiary/aromatic N) is 2. The van der Waals surface area contributed by atoms with Gasteiger partial charge in [-0.2, -0.15) is 19.2 Å². The fourth-order valence-electron chi connectivity index (χ4n) is 8.23. The number of aromatic nitrogens is 1. The number of halogens is 3. The number of hydrogen-bond acceptors (Lipinski definition) is 4. The molecular formula is C50H57BF3IrN2O2-. The van der Waals surface area contributed by atoms with Crippen molar-refractivity contribution in [1.82, 2.24) is 4.98 Å². The van der Waals surface area contributed by atoms with Crippen LogP contribution in [0.15, 0.2) is 108 Å². The standard InChI is InChI=1S/C37H33BF3N2.C13H24O2.Ir/c1-23-9-8-10-24(2)35(23)38-30-11-6-7-12-32(30)43-33-16-14-28(20-31(33)38)34-21-27(17-18-42-34)29-15-13-26(19-25(29)3)22-36(4,5)37(39,40)41;1-5-10(6-2)12(14)9-13(15)11(7-3)8-4;/h6-13,15-21,31H,22H2,1-5H3;9-11,14H,5-8H2,1-4H3;/q-1;;/b;12-9-;. The number of aryl methyl sites for hydroxylation is 3. The smallest absolute Gasteiger partial charge is 0.394 e. The number of aliphatic hydroxyl groups is 1. The number of rotatable bonds is 12. The van der Waals surface area contributed by atoms with Crippen LogP contribution in [0.5, 0.6) is 0 Å². The molecule has 4 nitrogen and oxygen atoms in total. The van der Waals surface area contributed by atoms with Crippen LogP contribution in [0.1, 0.15) is 95.2 Å². The Bertz CT molecular complexity index is 2210. The Balaban J connectivity index is 0.000000411. The van der Waals surface area contributed by atoms with E-state index in [0.717, 1.165) is 65.0 Å². The molecular weight excluding hydrogens is 921 g/mol. The minimum absolute atomic E-state index is 0. The van der Waals surface area contributed by atoms with Crippen LogP contribution in [-0.2, 0) is 31.3 Å². The van der Waals surface area contributed by atoms with E-state index in [2.05, 4.69) is 62.4 Å². The van der Waals surface area contributed by atoms with Crippen LogP contribution >= 0.6 is 0 Å². The van der Waals surface area contributed by atoms with Crippen LogP contribution < -0.4 is 10.9 Å². The second-order valence-electron chi connectivity index (χ2n) is 16.4. The SMILES string of the molecule is CCC(CC)C(=O)/C=C(\O)C(CC)CC.Cc1cc(CC(C)(C)C(F)(F)F)ccc1-c1ccnc(C2=CC3B(c4c(C)cccc4C)c4ccccc4N=C3C=[C-]2)c1.[Ir]. The van der Waals surface area contributed by atoms with E-state index < -0.39 is 11.6 Å². The quantitative estimate of drug-likeness (QED) is 0.0666. The van der Waals surface area contributed by atoms with Gasteiger partial charge in [0, 0.05) is 49.9 Å². The fourth-order valence-corrected chi connectivity index (χ4v) is 8.23. The van der Waals surface area contributed by atoms with Gasteiger partial charge in [0.1, 0.15) is 0 Å². The zero-order chi connectivity index (χ0) is 42.4. The molecule has 4 aromatic rings. The van der Waals surface area contributed by atoms with Gasteiger partial charge in [0.15, 0.2) is 5.78 Å². The number of fused-ring (bicyclic) bond motifs is 2. The predicted octanol–water partition coefficient (Wildman–Crippen LogP) is 12.2. The first-order chi connectivity index (χ1) is 27.5. The fraction of sp³-hybridized carbons (Fsp3) is 0.380. The summed E-state index contributed by atoms with van der Waals surface area (Å²) in [6.45, 7) is 17.0. The molecule has 59 heavy (non-hydrogen) atoms. The van der Waals surface area contributed by atoms with E-state index >= 15 is 0 Å². The van der Waals surface area contributed by atoms with Gasteiger partial charge in [0.2, 0.25) is 6.71 Å². The average molecular weight is 978 g/mol. The minimum atomic E-state index is -4.26. The Morgan fingerprint density at radius 1 is 0.864 bits per heavy atom. The van der Waals surface area contributed by atoms with Gasteiger partial charge >= 0.3 is 6.18 Å². The van der Waals surface area contributed by atoms with Crippen LogP contribution in [-0.4, -0.2) is 34.5 Å². The number of allylic oxidation sites excluding steroid dienone is 6. The molecule has 9 heteroatoms. The van der Waals surface area contributed by atoms with Crippen molar-refractivity contribution < 1.29 is 43.2 Å². The maximum absolute atomic E-state index is 13.5. The van der Waals surface area contributed by atoms with Gasteiger partial charge in [-0.1, -0.05) is 130 Å². The van der Waals surface area contributed by atoms with Crippen molar-refractivity contribution in [3.8, 4) is 11.1 Å². The van der Waals surface area contributed by atoms with Crippen LogP contribution in [0.25, 0.3) is 16.7 Å². The molecule has 0 bridgehead atoms. The van der Waals surface area contributed by atoms with Gasteiger partial charge in [0.25, 0.3) is 0 Å². The molecule has 0 spiro atoms. The summed E-state index contributed by atoms with van der Waals surface area (Å²) in [5.74, 6) is 0.570. The maximum atomic E-state index is 13.5. The van der Waals surface area contributed by atoms with E-state index in [9.17, 15) is 23.1 Å². The second-order valence-corrected chi connectivity index (χ2v) is 16.4. The number of carbonyl (C=O) groups is 1. The van der Waals surface area contributed by atoms with Crippen molar-refractivity contribution in [3.63, 3.8) is 0 Å². The van der Waals surface area contributed by atoms with Crippen molar-refractivity contribution in [1.29, 1.82) is 0 Å². The molecule has 0 saturated carbocycles. The van der Waals surface area contributed by atoms with Gasteiger partial charge in [-0.3, -0.25) is 4.79 Å². The summed E-state index contributed by atoms with van der Waals surface area (Å²) in [6.07, 6.45) is 10.0. The first kappa shape index (κ1) is 47.4. The van der Waals surface area contributed by atoms with E-state index in [-0.39, 0.29) is 62.4 Å². The van der Waals surface area contributed by atoms with Crippen molar-refractivity contribution in [2.24, 2.45) is 22.2 Å². The van der Waals surface area contributed by atoms with E-state index in [1.165, 1.54) is 42.0 Å². The van der Waals surface area contributed by atoms with Crippen LogP contribution in [0.4, 0.5) is 18.9 Å². The summed E-state index contributed by atoms with van der Waals surface area (Å²) in [6, 6.07) is 24.4. The Hall–Kier alpha value is -4.33. The Morgan fingerprint density at radius 2 is 1.51 bits per heavy atom. The van der Waals surface area contributed by atoms with Crippen molar-refractivity contribution in [2.75, 3.05) is 0 Å². The zero-order valence-corrected chi connectivity index (χ0v) is 38.2. The third kappa shape index (κ3) is 10.9. The largest absolute Gasteiger partial charge is 0.512 e. The molecule has 0 fully saturated rings. The van der Waals surface area contributed by atoms with Gasteiger partial charge in [0.05, 0.1) is 11.2 Å². The van der Waals surface area contributed by atoms with E-state index in [1.54, 1.807) is 12.3 Å². The summed E-state index contributed by atoms with van der Waals surface area (Å²) in [4.78, 5) is 21.4. The first-order valence-corrected chi connectivity index (χ1v) is 20.7. The number of pyridine rings is 1. The molecule has 1 atom stereocenters. The third-order valence-corrected chi connectivity index (χ3v) is 11.9. The van der Waals surface area contributed by atoms with Gasteiger partial charge in [-0.15, -0.1) is 17.7 Å². The summed E-state index contributed by atoms with van der Waals surface area (Å²) in [5, 5.41) is 9.76. The van der Waals surface area contributed by atoms with E-state index in [1.807, 2.05) is 71.0 Å². The minimum Gasteiger partial charge on any atom is -0.512 e. The molecule has 313 valence electrons. The second kappa shape index (κ2) is 20.3. The van der Waals surface area contributed by atoms with Gasteiger partial charge in [-0.25, -0.2) is 0 Å². The summed E-state index contributed by atoms with van der Waals surface area (Å²) in [5.41, 5.74) is 10.5. The summed E-state index contributed by atoms with van der Waals surface area (Å²) >= 11 is 0. The van der Waals surface area contributed by atoms with Crippen LogP contribution in [0.2, 0.25) is 5.82 Å². The number of alkyl halides is 3. The molecule has 1 aromatic heterocycles. The summed E-state index contributed by atoms with van der Waals surface area (Å²) < 4.78 is 40.5. The van der Waals surface area contributed by atoms with Crippen molar-refractivity contribution >= 4 is 40.4 Å². The van der Waals surface area contributed by atoms with Gasteiger partial charge in [-0.05, 0) is 98.7 Å². The first-order valence-electron chi connectivity index (χ1n) is 20.7. The molecule has 2 heterocycles. The van der Waals surface area contributed by atoms with E-state index in [4.69, 9.17) is 9.98 Å². The third-order valence-electron chi connectivity index (χ3n) is 11.9. The van der Waals surface area contributed by atoms with Gasteiger partial charge < -0.3 is 15.1 Å². The Morgan fingerprint density at radius 3 is 2.12 bits per heavy atom. The Labute approximate surface area is 363 Å². The molecule has 6 rings (SSSR count). The summed E-state index contributed by atoms with van der Waals surface area (Å²) in [7, 11) is 0. The molecule has 1 unspecified atom stereocenters. The molecule has 1 N–H and O–H groups in total. The van der Waals surface area contributed by atoms with Crippen LogP contribution in [0, 0.1) is 44.1 Å². The normalized spacial score (nSPS) is 15.1. The number of ketones is 1. The molecule has 1 aliphatic carbocycles. The van der Waals surface area contributed by atoms with Crippen molar-refractivity contribution in [2.45, 2.75) is 106 Å². The molecule has 2 aliphatic rings. The van der Waals surface area contributed by atoms with E-state index in [0.29, 0.717) is 5.56 Å². The number of carbonyl (C=O) groups excluding carboxylic acids is 1. The number of benzene rings is 3. The van der Waals surface area contributed by atoms with Crippen LogP contribution in [0.3, 0.4) is 0 Å². The molecule has 3 aromatic carbocycles. The molecule has 1 radical (unpaired) electrons. The van der Waals surface area contributed by atoms with Crippen molar-refractivity contribution in [3.05, 3.63) is 137 Å². The zero-order valence-electron chi connectivity index (χ0n) is 35.8. The maximum Gasteiger partial charge on any atom is 0.394 e. The molecule has 0 saturated heterocycles. The predicted molar refractivity (Wildman–Crippen MR) is 236 cm³/mol. The Kier molecular flexibility index (Phi) is 16.3. The number of aliphatic imine (C=N–C) groups is 1. The number of para-hydroxylation sites is 1. The topological polar surface area (TPSA) is 62.5 Å². The number of aliphatic hydroxyl groups excluding tert-OH is 1. The molecule has 0 amide bonds. The number of hydrogen-bond donors (Lipinski definition) is 1. The average Bonchev–Trinajstić information content (AvgIpc) is 3.18. The molecule has 1 aliphatic heterocycles. The monoisotopic (exact) mass is 978 g/mol.